The van der Waals surface area contributed by atoms with E-state index in [2.05, 4.69) is 15.8 Å². The number of nitrogens with zero attached hydrogens (tertiary/aromatic N) is 1. The number of hydrogen-bond acceptors (Lipinski definition) is 4. The normalized spacial score (nSPS) is 10.7. The molecule has 6 nitrogen and oxygen atoms in total. The van der Waals surface area contributed by atoms with E-state index < -0.39 is 11.8 Å². The predicted molar refractivity (Wildman–Crippen MR) is 123 cm³/mol. The molecular formula is C24H22ClN3O3. The number of anilines is 1. The summed E-state index contributed by atoms with van der Waals surface area (Å²) < 4.78 is 5.77. The Labute approximate surface area is 185 Å². The monoisotopic (exact) mass is 435 g/mol. The number of carbonyl (C=O) groups excluding carboxylic acids is 2. The predicted octanol–water partition coefficient (Wildman–Crippen LogP) is 4.62. The summed E-state index contributed by atoms with van der Waals surface area (Å²) in [6, 6.07) is 20.2. The van der Waals surface area contributed by atoms with Crippen LogP contribution in [-0.2, 0) is 16.2 Å². The van der Waals surface area contributed by atoms with Gasteiger partial charge >= 0.3 is 11.8 Å². The maximum atomic E-state index is 12.1. The summed E-state index contributed by atoms with van der Waals surface area (Å²) >= 11 is 6.14. The highest BCUT2D eigenvalue weighted by atomic mass is 35.5. The van der Waals surface area contributed by atoms with Gasteiger partial charge in [0.25, 0.3) is 0 Å². The Morgan fingerprint density at radius 1 is 0.968 bits per heavy atom. The number of nitrogens with one attached hydrogen (secondary N) is 2. The fourth-order valence-electron chi connectivity index (χ4n) is 2.86. The highest BCUT2D eigenvalue weighted by molar-refractivity contribution is 6.39. The van der Waals surface area contributed by atoms with E-state index in [9.17, 15) is 9.59 Å². The van der Waals surface area contributed by atoms with Crippen molar-refractivity contribution in [1.82, 2.24) is 5.43 Å². The molecule has 0 radical (unpaired) electrons. The van der Waals surface area contributed by atoms with E-state index in [0.29, 0.717) is 28.6 Å². The van der Waals surface area contributed by atoms with E-state index in [-0.39, 0.29) is 0 Å². The van der Waals surface area contributed by atoms with Gasteiger partial charge in [0.2, 0.25) is 0 Å². The molecule has 3 rings (SSSR count). The molecule has 0 aliphatic heterocycles. The number of hydrogen-bond donors (Lipinski definition) is 2. The maximum absolute atomic E-state index is 12.1. The topological polar surface area (TPSA) is 79.8 Å². The first-order valence-corrected chi connectivity index (χ1v) is 9.98. The van der Waals surface area contributed by atoms with Crippen LogP contribution in [0.3, 0.4) is 0 Å². The molecule has 7 heteroatoms. The molecule has 0 spiro atoms. The van der Waals surface area contributed by atoms with Gasteiger partial charge in [-0.15, -0.1) is 0 Å². The smallest absolute Gasteiger partial charge is 0.329 e. The highest BCUT2D eigenvalue weighted by Crippen LogP contribution is 2.20. The first-order chi connectivity index (χ1) is 14.9. The molecule has 31 heavy (non-hydrogen) atoms. The lowest BCUT2D eigenvalue weighted by atomic mass is 10.1. The molecule has 2 N–H and O–H groups in total. The minimum Gasteiger partial charge on any atom is -0.489 e. The van der Waals surface area contributed by atoms with E-state index in [1.807, 2.05) is 62.4 Å². The molecule has 0 aromatic heterocycles. The molecule has 0 aliphatic carbocycles. The van der Waals surface area contributed by atoms with Crippen molar-refractivity contribution in [3.63, 3.8) is 0 Å². The number of para-hydroxylation sites is 1. The Bertz CT molecular complexity index is 1110. The molecule has 2 amide bonds. The number of ether oxygens (including phenoxy) is 1. The second-order valence-corrected chi connectivity index (χ2v) is 7.28. The zero-order valence-electron chi connectivity index (χ0n) is 17.2. The Morgan fingerprint density at radius 2 is 1.68 bits per heavy atom. The van der Waals surface area contributed by atoms with Gasteiger partial charge in [-0.25, -0.2) is 5.43 Å². The molecule has 0 aliphatic rings. The second-order valence-electron chi connectivity index (χ2n) is 6.87. The van der Waals surface area contributed by atoms with Crippen LogP contribution in [0.4, 0.5) is 5.69 Å². The quantitative estimate of drug-likeness (QED) is 0.336. The number of benzene rings is 3. The van der Waals surface area contributed by atoms with Crippen LogP contribution in [0.5, 0.6) is 5.75 Å². The van der Waals surface area contributed by atoms with Gasteiger partial charge in [-0.1, -0.05) is 60.1 Å². The van der Waals surface area contributed by atoms with Crippen molar-refractivity contribution in [2.45, 2.75) is 20.5 Å². The summed E-state index contributed by atoms with van der Waals surface area (Å²) in [5, 5.41) is 7.12. The Kier molecular flexibility index (Phi) is 7.40. The molecule has 0 fully saturated rings. The third-order valence-electron chi connectivity index (χ3n) is 4.52. The first-order valence-electron chi connectivity index (χ1n) is 9.61. The number of carbonyl (C=O) groups is 2. The van der Waals surface area contributed by atoms with Crippen LogP contribution in [0.1, 0.15) is 22.3 Å². The van der Waals surface area contributed by atoms with E-state index in [1.165, 1.54) is 6.21 Å². The van der Waals surface area contributed by atoms with Gasteiger partial charge < -0.3 is 10.1 Å². The Hall–Kier alpha value is -3.64. The minimum atomic E-state index is -0.856. The molecule has 0 heterocycles. The van der Waals surface area contributed by atoms with Crippen LogP contribution >= 0.6 is 11.6 Å². The van der Waals surface area contributed by atoms with Gasteiger partial charge in [0, 0.05) is 16.3 Å². The van der Waals surface area contributed by atoms with Crippen molar-refractivity contribution in [3.05, 3.63) is 94.0 Å². The number of halogens is 1. The van der Waals surface area contributed by atoms with Crippen LogP contribution in [0.15, 0.2) is 71.8 Å². The van der Waals surface area contributed by atoms with Crippen molar-refractivity contribution >= 4 is 35.3 Å². The van der Waals surface area contributed by atoms with E-state index in [1.54, 1.807) is 18.2 Å². The number of aryl methyl sites for hydroxylation is 2. The molecular weight excluding hydrogens is 414 g/mol. The van der Waals surface area contributed by atoms with Crippen LogP contribution in [0.25, 0.3) is 0 Å². The van der Waals surface area contributed by atoms with Crippen molar-refractivity contribution in [1.29, 1.82) is 0 Å². The van der Waals surface area contributed by atoms with Crippen LogP contribution in [0, 0.1) is 13.8 Å². The second kappa shape index (κ2) is 10.4. The average molecular weight is 436 g/mol. The molecule has 0 saturated heterocycles. The van der Waals surface area contributed by atoms with Gasteiger partial charge in [0.05, 0.1) is 6.21 Å². The van der Waals surface area contributed by atoms with E-state index in [0.717, 1.165) is 16.7 Å². The lowest BCUT2D eigenvalue weighted by Crippen LogP contribution is -2.32. The summed E-state index contributed by atoms with van der Waals surface area (Å²) in [5.41, 5.74) is 6.18. The van der Waals surface area contributed by atoms with E-state index >= 15 is 0 Å². The third-order valence-corrected chi connectivity index (χ3v) is 4.88. The Balaban J connectivity index is 1.55. The fraction of sp³-hybridized carbons (Fsp3) is 0.125. The van der Waals surface area contributed by atoms with Crippen LogP contribution < -0.4 is 15.5 Å². The summed E-state index contributed by atoms with van der Waals surface area (Å²) in [7, 11) is 0. The third kappa shape index (κ3) is 6.17. The first kappa shape index (κ1) is 22.1. The molecule has 3 aromatic rings. The molecule has 3 aromatic carbocycles. The van der Waals surface area contributed by atoms with Gasteiger partial charge in [-0.05, 0) is 48.7 Å². The summed E-state index contributed by atoms with van der Waals surface area (Å²) in [6.45, 7) is 4.05. The maximum Gasteiger partial charge on any atom is 0.329 e. The van der Waals surface area contributed by atoms with Crippen LogP contribution in [-0.4, -0.2) is 18.0 Å². The zero-order valence-corrected chi connectivity index (χ0v) is 17.9. The van der Waals surface area contributed by atoms with Gasteiger partial charge in [0.1, 0.15) is 12.4 Å². The summed E-state index contributed by atoms with van der Waals surface area (Å²) in [4.78, 5) is 24.2. The van der Waals surface area contributed by atoms with Crippen molar-refractivity contribution in [2.24, 2.45) is 5.10 Å². The lowest BCUT2D eigenvalue weighted by Gasteiger charge is -2.10. The van der Waals surface area contributed by atoms with Crippen molar-refractivity contribution in [2.75, 3.05) is 5.32 Å². The Morgan fingerprint density at radius 3 is 2.42 bits per heavy atom. The fourth-order valence-corrected chi connectivity index (χ4v) is 3.05. The number of amides is 2. The SMILES string of the molecule is Cc1cccc(C)c1NC(=O)C(=O)N/N=C/c1cccc(OCc2ccccc2Cl)c1. The standard InChI is InChI=1S/C24H22ClN3O3/c1-16-7-5-8-17(2)22(16)27-23(29)24(30)28-26-14-18-9-6-11-20(13-18)31-15-19-10-3-4-12-21(19)25/h3-14H,15H2,1-2H3,(H,27,29)(H,28,30)/b26-14+. The summed E-state index contributed by atoms with van der Waals surface area (Å²) in [6.07, 6.45) is 1.44. The van der Waals surface area contributed by atoms with Crippen molar-refractivity contribution < 1.29 is 14.3 Å². The number of hydrazone groups is 1. The highest BCUT2D eigenvalue weighted by Gasteiger charge is 2.15. The molecule has 158 valence electrons. The van der Waals surface area contributed by atoms with Crippen molar-refractivity contribution in [3.8, 4) is 5.75 Å². The number of rotatable bonds is 6. The van der Waals surface area contributed by atoms with Gasteiger partial charge in [-0.3, -0.25) is 9.59 Å². The molecule has 0 atom stereocenters. The summed E-state index contributed by atoms with van der Waals surface area (Å²) in [5.74, 6) is -1.01. The molecule has 0 unspecified atom stereocenters. The van der Waals surface area contributed by atoms with E-state index in [4.69, 9.17) is 16.3 Å². The van der Waals surface area contributed by atoms with Gasteiger partial charge in [0.15, 0.2) is 0 Å². The minimum absolute atomic E-state index is 0.329. The molecule has 0 saturated carbocycles. The zero-order chi connectivity index (χ0) is 22.2. The van der Waals surface area contributed by atoms with Crippen LogP contribution in [0.2, 0.25) is 5.02 Å². The largest absolute Gasteiger partial charge is 0.489 e. The van der Waals surface area contributed by atoms with Gasteiger partial charge in [-0.2, -0.15) is 5.10 Å². The lowest BCUT2D eigenvalue weighted by molar-refractivity contribution is -0.136. The average Bonchev–Trinajstić information content (AvgIpc) is 2.76. The molecule has 0 bridgehead atoms.